The molecule has 1 aliphatic heterocycles. The number of rotatable bonds is 4. The predicted octanol–water partition coefficient (Wildman–Crippen LogP) is 3.20. The second-order valence-electron chi connectivity index (χ2n) is 4.66. The van der Waals surface area contributed by atoms with Gasteiger partial charge in [-0.25, -0.2) is 0 Å². The zero-order valence-electron chi connectivity index (χ0n) is 10.6. The molecule has 1 saturated heterocycles. The Balaban J connectivity index is 2.09. The van der Waals surface area contributed by atoms with Crippen molar-refractivity contribution >= 4 is 11.6 Å². The lowest BCUT2D eigenvalue weighted by Gasteiger charge is -2.25. The molecule has 4 heteroatoms. The molecular formula is C14H19ClO3. The van der Waals surface area contributed by atoms with Gasteiger partial charge < -0.3 is 14.6 Å². The van der Waals surface area contributed by atoms with Gasteiger partial charge in [-0.05, 0) is 37.3 Å². The van der Waals surface area contributed by atoms with E-state index in [0.29, 0.717) is 28.7 Å². The topological polar surface area (TPSA) is 38.7 Å². The maximum Gasteiger partial charge on any atom is 0.126 e. The van der Waals surface area contributed by atoms with E-state index >= 15 is 0 Å². The van der Waals surface area contributed by atoms with Gasteiger partial charge in [-0.3, -0.25) is 0 Å². The molecule has 2 rings (SSSR count). The van der Waals surface area contributed by atoms with Gasteiger partial charge in [-0.2, -0.15) is 0 Å². The summed E-state index contributed by atoms with van der Waals surface area (Å²) in [5.74, 6) is 1.15. The summed E-state index contributed by atoms with van der Waals surface area (Å²) in [6, 6.07) is 5.44. The zero-order valence-corrected chi connectivity index (χ0v) is 11.3. The molecular weight excluding hydrogens is 252 g/mol. The highest BCUT2D eigenvalue weighted by atomic mass is 35.5. The van der Waals surface area contributed by atoms with Crippen molar-refractivity contribution in [2.75, 3.05) is 20.3 Å². The number of aliphatic hydroxyl groups is 1. The minimum atomic E-state index is -0.572. The first-order valence-corrected chi connectivity index (χ1v) is 6.68. The van der Waals surface area contributed by atoms with Gasteiger partial charge in [0.25, 0.3) is 0 Å². The van der Waals surface area contributed by atoms with Crippen LogP contribution >= 0.6 is 11.6 Å². The molecule has 0 saturated carbocycles. The monoisotopic (exact) mass is 270 g/mol. The SMILES string of the molecule is COc1cccc(Cl)c1C(O)CC1CCOCC1. The van der Waals surface area contributed by atoms with Gasteiger partial charge >= 0.3 is 0 Å². The van der Waals surface area contributed by atoms with Crippen LogP contribution in [0.4, 0.5) is 0 Å². The van der Waals surface area contributed by atoms with Gasteiger partial charge in [0.1, 0.15) is 5.75 Å². The molecule has 1 aliphatic rings. The normalized spacial score (nSPS) is 18.6. The molecule has 1 heterocycles. The first kappa shape index (κ1) is 13.7. The molecule has 1 aromatic rings. The first-order chi connectivity index (χ1) is 8.72. The minimum absolute atomic E-state index is 0.495. The number of benzene rings is 1. The number of hydrogen-bond acceptors (Lipinski definition) is 3. The first-order valence-electron chi connectivity index (χ1n) is 6.30. The highest BCUT2D eigenvalue weighted by molar-refractivity contribution is 6.31. The Morgan fingerprint density at radius 1 is 1.44 bits per heavy atom. The van der Waals surface area contributed by atoms with Crippen LogP contribution in [-0.4, -0.2) is 25.4 Å². The van der Waals surface area contributed by atoms with Crippen LogP contribution in [-0.2, 0) is 4.74 Å². The molecule has 0 aromatic heterocycles. The molecule has 3 nitrogen and oxygen atoms in total. The van der Waals surface area contributed by atoms with Crippen molar-refractivity contribution in [3.05, 3.63) is 28.8 Å². The van der Waals surface area contributed by atoms with E-state index in [1.54, 1.807) is 13.2 Å². The van der Waals surface area contributed by atoms with Gasteiger partial charge in [0.15, 0.2) is 0 Å². The van der Waals surface area contributed by atoms with Crippen LogP contribution in [0, 0.1) is 5.92 Å². The number of hydrogen-bond donors (Lipinski definition) is 1. The number of halogens is 1. The molecule has 1 atom stereocenters. The predicted molar refractivity (Wildman–Crippen MR) is 71.1 cm³/mol. The highest BCUT2D eigenvalue weighted by Crippen LogP contribution is 2.36. The third kappa shape index (κ3) is 3.16. The Morgan fingerprint density at radius 2 is 2.17 bits per heavy atom. The van der Waals surface area contributed by atoms with E-state index in [1.165, 1.54) is 0 Å². The standard InChI is InChI=1S/C14H19ClO3/c1-17-13-4-2-3-11(15)14(13)12(16)9-10-5-7-18-8-6-10/h2-4,10,12,16H,5-9H2,1H3. The molecule has 0 radical (unpaired) electrons. The summed E-state index contributed by atoms with van der Waals surface area (Å²) >= 11 is 6.16. The Morgan fingerprint density at radius 3 is 2.83 bits per heavy atom. The molecule has 18 heavy (non-hydrogen) atoms. The van der Waals surface area contributed by atoms with E-state index in [4.69, 9.17) is 21.1 Å². The third-order valence-electron chi connectivity index (χ3n) is 3.46. The minimum Gasteiger partial charge on any atom is -0.496 e. The van der Waals surface area contributed by atoms with Crippen LogP contribution in [0.3, 0.4) is 0 Å². The van der Waals surface area contributed by atoms with Crippen molar-refractivity contribution in [2.45, 2.75) is 25.4 Å². The average Bonchev–Trinajstić information content (AvgIpc) is 2.39. The van der Waals surface area contributed by atoms with Crippen LogP contribution in [0.1, 0.15) is 30.9 Å². The van der Waals surface area contributed by atoms with Crippen molar-refractivity contribution in [3.8, 4) is 5.75 Å². The van der Waals surface area contributed by atoms with Crippen molar-refractivity contribution in [1.82, 2.24) is 0 Å². The van der Waals surface area contributed by atoms with Gasteiger partial charge in [0.05, 0.1) is 18.2 Å². The van der Waals surface area contributed by atoms with E-state index < -0.39 is 6.10 Å². The van der Waals surface area contributed by atoms with Crippen LogP contribution < -0.4 is 4.74 Å². The maximum absolute atomic E-state index is 10.4. The Hall–Kier alpha value is -0.770. The lowest BCUT2D eigenvalue weighted by Crippen LogP contribution is -2.18. The van der Waals surface area contributed by atoms with Crippen molar-refractivity contribution in [3.63, 3.8) is 0 Å². The molecule has 1 aromatic carbocycles. The fraction of sp³-hybridized carbons (Fsp3) is 0.571. The Labute approximate surface area is 113 Å². The largest absolute Gasteiger partial charge is 0.496 e. The van der Waals surface area contributed by atoms with E-state index in [2.05, 4.69) is 0 Å². The van der Waals surface area contributed by atoms with Crippen molar-refractivity contribution in [1.29, 1.82) is 0 Å². The van der Waals surface area contributed by atoms with Gasteiger partial charge in [0, 0.05) is 18.8 Å². The second kappa shape index (κ2) is 6.41. The average molecular weight is 271 g/mol. The summed E-state index contributed by atoms with van der Waals surface area (Å²) in [7, 11) is 1.59. The summed E-state index contributed by atoms with van der Waals surface area (Å²) in [4.78, 5) is 0. The Kier molecular flexibility index (Phi) is 4.87. The second-order valence-corrected chi connectivity index (χ2v) is 5.07. The van der Waals surface area contributed by atoms with E-state index in [9.17, 15) is 5.11 Å². The molecule has 0 aliphatic carbocycles. The highest BCUT2D eigenvalue weighted by Gasteiger charge is 2.22. The van der Waals surface area contributed by atoms with E-state index in [1.807, 2.05) is 12.1 Å². The Bertz CT molecular complexity index is 389. The van der Waals surface area contributed by atoms with Gasteiger partial charge in [-0.15, -0.1) is 0 Å². The summed E-state index contributed by atoms with van der Waals surface area (Å²) < 4.78 is 10.6. The number of aliphatic hydroxyl groups excluding tert-OH is 1. The van der Waals surface area contributed by atoms with Gasteiger partial charge in [0.2, 0.25) is 0 Å². The molecule has 100 valence electrons. The number of ether oxygens (including phenoxy) is 2. The molecule has 0 spiro atoms. The number of methoxy groups -OCH3 is 1. The summed E-state index contributed by atoms with van der Waals surface area (Å²) in [5, 5.41) is 10.9. The summed E-state index contributed by atoms with van der Waals surface area (Å²) in [5.41, 5.74) is 0.702. The lowest BCUT2D eigenvalue weighted by molar-refractivity contribution is 0.0431. The van der Waals surface area contributed by atoms with Crippen molar-refractivity contribution in [2.24, 2.45) is 5.92 Å². The molecule has 0 amide bonds. The third-order valence-corrected chi connectivity index (χ3v) is 3.79. The maximum atomic E-state index is 10.4. The van der Waals surface area contributed by atoms with Gasteiger partial charge in [-0.1, -0.05) is 17.7 Å². The van der Waals surface area contributed by atoms with Crippen LogP contribution in [0.25, 0.3) is 0 Å². The molecule has 1 N–H and O–H groups in total. The summed E-state index contributed by atoms with van der Waals surface area (Å²) in [6.45, 7) is 1.58. The molecule has 1 fully saturated rings. The van der Waals surface area contributed by atoms with Crippen molar-refractivity contribution < 1.29 is 14.6 Å². The smallest absolute Gasteiger partial charge is 0.126 e. The van der Waals surface area contributed by atoms with Crippen LogP contribution in [0.5, 0.6) is 5.75 Å². The van der Waals surface area contributed by atoms with E-state index in [-0.39, 0.29) is 0 Å². The fourth-order valence-corrected chi connectivity index (χ4v) is 2.73. The quantitative estimate of drug-likeness (QED) is 0.913. The van der Waals surface area contributed by atoms with E-state index in [0.717, 1.165) is 26.1 Å². The summed E-state index contributed by atoms with van der Waals surface area (Å²) in [6.07, 6.45) is 2.15. The molecule has 0 bridgehead atoms. The fourth-order valence-electron chi connectivity index (χ4n) is 2.43. The van der Waals surface area contributed by atoms with Crippen LogP contribution in [0.2, 0.25) is 5.02 Å². The zero-order chi connectivity index (χ0) is 13.0. The molecule has 1 unspecified atom stereocenters. The lowest BCUT2D eigenvalue weighted by atomic mass is 9.90. The van der Waals surface area contributed by atoms with Crippen LogP contribution in [0.15, 0.2) is 18.2 Å².